The van der Waals surface area contributed by atoms with E-state index in [1.165, 1.54) is 12.0 Å². The standard InChI is InChI=1S/C29H25BrN2O5/c1-36-23-12-9-18(15-24(23)37-2)26-25(27(33)17-7-10-20(30)11-8-17)28(34)29(35)32(26)14-13-19-16-31-22-6-4-3-5-21(19)22/h3-12,15-16,26,31,33H,13-14H2,1-2H3/t26-/m0/s1. The molecule has 3 aromatic carbocycles. The van der Waals surface area contributed by atoms with Gasteiger partial charge < -0.3 is 24.5 Å². The summed E-state index contributed by atoms with van der Waals surface area (Å²) in [5, 5.41) is 12.3. The average Bonchev–Trinajstić information content (AvgIpc) is 3.45. The molecule has 5 rings (SSSR count). The first-order valence-corrected chi connectivity index (χ1v) is 12.5. The first-order chi connectivity index (χ1) is 17.9. The quantitative estimate of drug-likeness (QED) is 0.174. The molecule has 0 spiro atoms. The Morgan fingerprint density at radius 2 is 1.73 bits per heavy atom. The molecule has 0 unspecified atom stereocenters. The Kier molecular flexibility index (Phi) is 6.76. The van der Waals surface area contributed by atoms with Crippen LogP contribution in [0.2, 0.25) is 0 Å². The smallest absolute Gasteiger partial charge is 0.295 e. The van der Waals surface area contributed by atoms with Crippen molar-refractivity contribution in [1.82, 2.24) is 9.88 Å². The first-order valence-electron chi connectivity index (χ1n) is 11.7. The van der Waals surface area contributed by atoms with Gasteiger partial charge in [-0.15, -0.1) is 0 Å². The zero-order valence-electron chi connectivity index (χ0n) is 20.3. The number of nitrogens with zero attached hydrogens (tertiary/aromatic N) is 1. The summed E-state index contributed by atoms with van der Waals surface area (Å²) >= 11 is 3.39. The molecule has 0 aliphatic carbocycles. The number of amides is 1. The number of benzene rings is 3. The number of ketones is 1. The summed E-state index contributed by atoms with van der Waals surface area (Å²) in [5.41, 5.74) is 3.17. The van der Waals surface area contributed by atoms with Crippen LogP contribution in [0.25, 0.3) is 16.7 Å². The zero-order valence-corrected chi connectivity index (χ0v) is 21.9. The second-order valence-electron chi connectivity index (χ2n) is 8.72. The van der Waals surface area contributed by atoms with Crippen LogP contribution < -0.4 is 9.47 Å². The van der Waals surface area contributed by atoms with E-state index in [1.807, 2.05) is 30.5 Å². The number of halogens is 1. The summed E-state index contributed by atoms with van der Waals surface area (Å²) in [7, 11) is 3.07. The Morgan fingerprint density at radius 1 is 1.00 bits per heavy atom. The number of aromatic amines is 1. The fraction of sp³-hybridized carbons (Fsp3) is 0.172. The molecule has 1 aliphatic rings. The number of aliphatic hydroxyl groups is 1. The Labute approximate surface area is 222 Å². The summed E-state index contributed by atoms with van der Waals surface area (Å²) in [6.07, 6.45) is 2.45. The van der Waals surface area contributed by atoms with Crippen LogP contribution in [0.1, 0.15) is 22.7 Å². The van der Waals surface area contributed by atoms with Gasteiger partial charge in [-0.05, 0) is 47.9 Å². The minimum atomic E-state index is -0.798. The van der Waals surface area contributed by atoms with Crippen molar-refractivity contribution >= 4 is 44.3 Å². The lowest BCUT2D eigenvalue weighted by Gasteiger charge is -2.26. The molecule has 2 N–H and O–H groups in total. The maximum absolute atomic E-state index is 13.4. The van der Waals surface area contributed by atoms with E-state index in [-0.39, 0.29) is 17.9 Å². The summed E-state index contributed by atoms with van der Waals surface area (Å²) in [4.78, 5) is 31.5. The second-order valence-corrected chi connectivity index (χ2v) is 9.64. The van der Waals surface area contributed by atoms with Gasteiger partial charge >= 0.3 is 0 Å². The highest BCUT2D eigenvalue weighted by molar-refractivity contribution is 9.10. The van der Waals surface area contributed by atoms with E-state index in [0.29, 0.717) is 29.0 Å². The lowest BCUT2D eigenvalue weighted by Crippen LogP contribution is -2.31. The monoisotopic (exact) mass is 560 g/mol. The highest BCUT2D eigenvalue weighted by Crippen LogP contribution is 2.42. The highest BCUT2D eigenvalue weighted by Gasteiger charge is 2.46. The number of likely N-dealkylation sites (tertiary alicyclic amines) is 1. The van der Waals surface area contributed by atoms with Crippen molar-refractivity contribution in [1.29, 1.82) is 0 Å². The average molecular weight is 561 g/mol. The number of hydrogen-bond donors (Lipinski definition) is 2. The minimum Gasteiger partial charge on any atom is -0.507 e. The molecule has 1 aromatic heterocycles. The van der Waals surface area contributed by atoms with Crippen LogP contribution >= 0.6 is 15.9 Å². The number of para-hydroxylation sites is 1. The normalized spacial score (nSPS) is 16.9. The summed E-state index contributed by atoms with van der Waals surface area (Å²) in [5.74, 6) is -0.613. The number of aromatic nitrogens is 1. The first kappa shape index (κ1) is 24.6. The van der Waals surface area contributed by atoms with Gasteiger partial charge in [-0.3, -0.25) is 9.59 Å². The Bertz CT molecular complexity index is 1520. The van der Waals surface area contributed by atoms with Crippen molar-refractivity contribution < 1.29 is 24.2 Å². The van der Waals surface area contributed by atoms with Crippen molar-refractivity contribution in [2.24, 2.45) is 0 Å². The number of carbonyl (C=O) groups excluding carboxylic acids is 2. The van der Waals surface area contributed by atoms with Crippen LogP contribution in [-0.4, -0.2) is 47.4 Å². The van der Waals surface area contributed by atoms with Crippen molar-refractivity contribution in [3.63, 3.8) is 0 Å². The number of rotatable bonds is 7. The second kappa shape index (κ2) is 10.1. The molecule has 1 aliphatic heterocycles. The predicted octanol–water partition coefficient (Wildman–Crippen LogP) is 5.61. The van der Waals surface area contributed by atoms with Gasteiger partial charge in [-0.25, -0.2) is 0 Å². The van der Waals surface area contributed by atoms with E-state index in [9.17, 15) is 14.7 Å². The van der Waals surface area contributed by atoms with Gasteiger partial charge in [-0.1, -0.05) is 52.3 Å². The molecule has 1 amide bonds. The van der Waals surface area contributed by atoms with E-state index >= 15 is 0 Å². The molecule has 0 radical (unpaired) electrons. The minimum absolute atomic E-state index is 0.0402. The Balaban J connectivity index is 1.60. The van der Waals surface area contributed by atoms with Gasteiger partial charge in [0.2, 0.25) is 0 Å². The van der Waals surface area contributed by atoms with E-state index in [1.54, 1.807) is 49.6 Å². The van der Waals surface area contributed by atoms with Gasteiger partial charge in [0, 0.05) is 33.7 Å². The van der Waals surface area contributed by atoms with Crippen molar-refractivity contribution in [2.75, 3.05) is 20.8 Å². The molecule has 7 nitrogen and oxygen atoms in total. The number of hydrogen-bond acceptors (Lipinski definition) is 5. The van der Waals surface area contributed by atoms with Crippen LogP contribution in [0.15, 0.2) is 83.0 Å². The lowest BCUT2D eigenvalue weighted by atomic mass is 9.95. The maximum Gasteiger partial charge on any atom is 0.295 e. The molecule has 1 fully saturated rings. The Hall–Kier alpha value is -4.04. The molecular formula is C29H25BrN2O5. The van der Waals surface area contributed by atoms with Crippen LogP contribution in [0, 0.1) is 0 Å². The van der Waals surface area contributed by atoms with Gasteiger partial charge in [0.1, 0.15) is 5.76 Å². The molecule has 37 heavy (non-hydrogen) atoms. The summed E-state index contributed by atoms with van der Waals surface area (Å²) in [6.45, 7) is 0.280. The van der Waals surface area contributed by atoms with Crippen LogP contribution in [0.3, 0.4) is 0 Å². The number of fused-ring (bicyclic) bond motifs is 1. The third kappa shape index (κ3) is 4.49. The summed E-state index contributed by atoms with van der Waals surface area (Å²) in [6, 6.07) is 19.3. The van der Waals surface area contributed by atoms with E-state index < -0.39 is 17.7 Å². The molecule has 8 heteroatoms. The van der Waals surface area contributed by atoms with Crippen molar-refractivity contribution in [3.05, 3.63) is 99.7 Å². The van der Waals surface area contributed by atoms with E-state index in [4.69, 9.17) is 9.47 Å². The molecule has 0 saturated carbocycles. The fourth-order valence-electron chi connectivity index (χ4n) is 4.82. The molecule has 188 valence electrons. The third-order valence-electron chi connectivity index (χ3n) is 6.68. The number of aliphatic hydroxyl groups excluding tert-OH is 1. The molecule has 0 bridgehead atoms. The highest BCUT2D eigenvalue weighted by atomic mass is 79.9. The number of H-pyrrole nitrogens is 1. The van der Waals surface area contributed by atoms with Crippen LogP contribution in [0.5, 0.6) is 11.5 Å². The SMILES string of the molecule is COc1ccc([C@H]2C(=C(O)c3ccc(Br)cc3)C(=O)C(=O)N2CCc2c[nH]c3ccccc23)cc1OC. The number of ether oxygens (including phenoxy) is 2. The van der Waals surface area contributed by atoms with Crippen molar-refractivity contribution in [3.8, 4) is 11.5 Å². The molecule has 1 atom stereocenters. The topological polar surface area (TPSA) is 91.9 Å². The number of nitrogens with one attached hydrogen (secondary N) is 1. The maximum atomic E-state index is 13.4. The predicted molar refractivity (Wildman–Crippen MR) is 145 cm³/mol. The van der Waals surface area contributed by atoms with Crippen molar-refractivity contribution in [2.45, 2.75) is 12.5 Å². The van der Waals surface area contributed by atoms with Crippen LogP contribution in [-0.2, 0) is 16.0 Å². The molecular weight excluding hydrogens is 536 g/mol. The summed E-state index contributed by atoms with van der Waals surface area (Å²) < 4.78 is 11.7. The Morgan fingerprint density at radius 3 is 2.46 bits per heavy atom. The fourth-order valence-corrected chi connectivity index (χ4v) is 5.09. The lowest BCUT2D eigenvalue weighted by molar-refractivity contribution is -0.139. The molecule has 2 heterocycles. The number of methoxy groups -OCH3 is 2. The van der Waals surface area contributed by atoms with Gasteiger partial charge in [0.25, 0.3) is 11.7 Å². The number of carbonyl (C=O) groups is 2. The van der Waals surface area contributed by atoms with Gasteiger partial charge in [0.15, 0.2) is 11.5 Å². The van der Waals surface area contributed by atoms with Gasteiger partial charge in [-0.2, -0.15) is 0 Å². The van der Waals surface area contributed by atoms with Gasteiger partial charge in [0.05, 0.1) is 25.8 Å². The number of Topliss-reactive ketones (excluding diaryl/α,β-unsaturated/α-hetero) is 1. The van der Waals surface area contributed by atoms with Crippen LogP contribution in [0.4, 0.5) is 0 Å². The van der Waals surface area contributed by atoms with E-state index in [2.05, 4.69) is 20.9 Å². The molecule has 1 saturated heterocycles. The molecule has 4 aromatic rings. The third-order valence-corrected chi connectivity index (χ3v) is 7.21. The zero-order chi connectivity index (χ0) is 26.1. The van der Waals surface area contributed by atoms with E-state index in [0.717, 1.165) is 20.9 Å². The largest absolute Gasteiger partial charge is 0.507 e.